The van der Waals surface area contributed by atoms with Crippen LogP contribution in [0, 0.1) is 11.7 Å². The molecule has 2 N–H and O–H groups in total. The lowest BCUT2D eigenvalue weighted by Crippen LogP contribution is -2.12. The van der Waals surface area contributed by atoms with E-state index in [-0.39, 0.29) is 11.4 Å². The standard InChI is InChI=1S/C15H22F3NO2/c1-3-5-6-10(4-2)9-20-14-8-13(21-15(17)18)11(16)7-12(14)19/h7-8,10,15H,3-6,9,19H2,1-2H3. The van der Waals surface area contributed by atoms with E-state index in [0.29, 0.717) is 12.5 Å². The van der Waals surface area contributed by atoms with Crippen LogP contribution in [0.25, 0.3) is 0 Å². The van der Waals surface area contributed by atoms with Gasteiger partial charge in [0.05, 0.1) is 12.3 Å². The van der Waals surface area contributed by atoms with E-state index in [2.05, 4.69) is 18.6 Å². The fraction of sp³-hybridized carbons (Fsp3) is 0.600. The van der Waals surface area contributed by atoms with Crippen molar-refractivity contribution < 1.29 is 22.6 Å². The van der Waals surface area contributed by atoms with Crippen molar-refractivity contribution in [3.8, 4) is 11.5 Å². The van der Waals surface area contributed by atoms with Gasteiger partial charge >= 0.3 is 6.61 Å². The highest BCUT2D eigenvalue weighted by Gasteiger charge is 2.15. The minimum atomic E-state index is -3.09. The van der Waals surface area contributed by atoms with Crippen molar-refractivity contribution in [2.75, 3.05) is 12.3 Å². The zero-order chi connectivity index (χ0) is 15.8. The van der Waals surface area contributed by atoms with Crippen LogP contribution < -0.4 is 15.2 Å². The molecule has 0 aliphatic heterocycles. The molecule has 6 heteroatoms. The molecule has 0 spiro atoms. The molecule has 0 bridgehead atoms. The SMILES string of the molecule is CCCCC(CC)COc1cc(OC(F)F)c(F)cc1N. The normalized spacial score (nSPS) is 12.5. The fourth-order valence-corrected chi connectivity index (χ4v) is 1.97. The summed E-state index contributed by atoms with van der Waals surface area (Å²) in [6.07, 6.45) is 4.16. The van der Waals surface area contributed by atoms with Crippen molar-refractivity contribution in [3.05, 3.63) is 17.9 Å². The number of anilines is 1. The highest BCUT2D eigenvalue weighted by atomic mass is 19.3. The van der Waals surface area contributed by atoms with Gasteiger partial charge in [-0.15, -0.1) is 0 Å². The molecule has 1 unspecified atom stereocenters. The van der Waals surface area contributed by atoms with Crippen LogP contribution in [0.1, 0.15) is 39.5 Å². The Morgan fingerprint density at radius 3 is 2.48 bits per heavy atom. The minimum absolute atomic E-state index is 0.0689. The van der Waals surface area contributed by atoms with Crippen LogP contribution in [0.4, 0.5) is 18.9 Å². The highest BCUT2D eigenvalue weighted by molar-refractivity contribution is 5.56. The number of ether oxygens (including phenoxy) is 2. The van der Waals surface area contributed by atoms with Crippen molar-refractivity contribution >= 4 is 5.69 Å². The maximum absolute atomic E-state index is 13.4. The Balaban J connectivity index is 2.73. The Morgan fingerprint density at radius 2 is 1.90 bits per heavy atom. The summed E-state index contributed by atoms with van der Waals surface area (Å²) in [5.41, 5.74) is 5.71. The molecule has 0 fully saturated rings. The van der Waals surface area contributed by atoms with E-state index in [1.54, 1.807) is 0 Å². The Hall–Kier alpha value is -1.59. The molecule has 21 heavy (non-hydrogen) atoms. The van der Waals surface area contributed by atoms with Gasteiger partial charge in [-0.1, -0.05) is 33.1 Å². The highest BCUT2D eigenvalue weighted by Crippen LogP contribution is 2.31. The molecule has 0 saturated carbocycles. The molecular weight excluding hydrogens is 283 g/mol. The maximum Gasteiger partial charge on any atom is 0.387 e. The predicted molar refractivity (Wildman–Crippen MR) is 76.2 cm³/mol. The first kappa shape index (κ1) is 17.5. The number of rotatable bonds is 9. The Kier molecular flexibility index (Phi) is 7.19. The third-order valence-electron chi connectivity index (χ3n) is 3.30. The minimum Gasteiger partial charge on any atom is -0.491 e. The largest absolute Gasteiger partial charge is 0.491 e. The molecule has 1 atom stereocenters. The van der Waals surface area contributed by atoms with Crippen molar-refractivity contribution in [2.45, 2.75) is 46.1 Å². The number of benzene rings is 1. The molecule has 0 aliphatic carbocycles. The number of unbranched alkanes of at least 4 members (excludes halogenated alkanes) is 1. The van der Waals surface area contributed by atoms with E-state index in [1.807, 2.05) is 0 Å². The molecule has 0 amide bonds. The third kappa shape index (κ3) is 5.73. The number of hydrogen-bond donors (Lipinski definition) is 1. The van der Waals surface area contributed by atoms with Crippen LogP contribution in [0.15, 0.2) is 12.1 Å². The zero-order valence-electron chi connectivity index (χ0n) is 12.4. The van der Waals surface area contributed by atoms with Crippen LogP contribution >= 0.6 is 0 Å². The van der Waals surface area contributed by atoms with Gasteiger partial charge in [-0.25, -0.2) is 4.39 Å². The van der Waals surface area contributed by atoms with E-state index in [0.717, 1.165) is 37.8 Å². The first-order valence-corrected chi connectivity index (χ1v) is 7.14. The van der Waals surface area contributed by atoms with Crippen molar-refractivity contribution in [1.29, 1.82) is 0 Å². The maximum atomic E-state index is 13.4. The van der Waals surface area contributed by atoms with Crippen molar-refractivity contribution in [1.82, 2.24) is 0 Å². The van der Waals surface area contributed by atoms with Gasteiger partial charge in [0.1, 0.15) is 5.75 Å². The zero-order valence-corrected chi connectivity index (χ0v) is 12.4. The van der Waals surface area contributed by atoms with Crippen LogP contribution in [0.2, 0.25) is 0 Å². The smallest absolute Gasteiger partial charge is 0.387 e. The molecule has 0 radical (unpaired) electrons. The van der Waals surface area contributed by atoms with Crippen LogP contribution in [-0.2, 0) is 0 Å². The van der Waals surface area contributed by atoms with Gasteiger partial charge in [0.15, 0.2) is 11.6 Å². The molecule has 1 aromatic carbocycles. The second-order valence-electron chi connectivity index (χ2n) is 4.93. The molecule has 120 valence electrons. The molecule has 3 nitrogen and oxygen atoms in total. The van der Waals surface area contributed by atoms with Crippen molar-refractivity contribution in [2.24, 2.45) is 5.92 Å². The average Bonchev–Trinajstić information content (AvgIpc) is 2.43. The first-order valence-electron chi connectivity index (χ1n) is 7.14. The topological polar surface area (TPSA) is 44.5 Å². The quantitative estimate of drug-likeness (QED) is 0.678. The van der Waals surface area contributed by atoms with Gasteiger partial charge in [0.2, 0.25) is 0 Å². The third-order valence-corrected chi connectivity index (χ3v) is 3.30. The first-order chi connectivity index (χ1) is 9.97. The lowest BCUT2D eigenvalue weighted by Gasteiger charge is -2.17. The monoisotopic (exact) mass is 305 g/mol. The van der Waals surface area contributed by atoms with Crippen molar-refractivity contribution in [3.63, 3.8) is 0 Å². The molecule has 1 aromatic rings. The summed E-state index contributed by atoms with van der Waals surface area (Å²) in [6.45, 7) is 1.49. The van der Waals surface area contributed by atoms with Gasteiger partial charge in [-0.2, -0.15) is 8.78 Å². The number of halogens is 3. The summed E-state index contributed by atoms with van der Waals surface area (Å²) < 4.78 is 47.4. The predicted octanol–water partition coefficient (Wildman–Crippen LogP) is 4.60. The summed E-state index contributed by atoms with van der Waals surface area (Å²) >= 11 is 0. The summed E-state index contributed by atoms with van der Waals surface area (Å²) in [5.74, 6) is -0.968. The molecule has 0 aromatic heterocycles. The van der Waals surface area contributed by atoms with Crippen LogP contribution in [0.5, 0.6) is 11.5 Å². The lowest BCUT2D eigenvalue weighted by molar-refractivity contribution is -0.0522. The van der Waals surface area contributed by atoms with Gasteiger partial charge in [-0.3, -0.25) is 0 Å². The summed E-state index contributed by atoms with van der Waals surface area (Å²) in [6, 6.07) is 2.00. The Labute approximate surface area is 123 Å². The fourth-order valence-electron chi connectivity index (χ4n) is 1.97. The van der Waals surface area contributed by atoms with Crippen LogP contribution in [-0.4, -0.2) is 13.2 Å². The number of nitrogen functional groups attached to an aromatic ring is 1. The number of nitrogens with two attached hydrogens (primary N) is 1. The van der Waals surface area contributed by atoms with E-state index in [9.17, 15) is 13.2 Å². The molecule has 0 heterocycles. The Morgan fingerprint density at radius 1 is 1.19 bits per heavy atom. The van der Waals surface area contributed by atoms with E-state index in [1.165, 1.54) is 0 Å². The molecule has 0 aliphatic rings. The van der Waals surface area contributed by atoms with Gasteiger partial charge in [0, 0.05) is 12.1 Å². The summed E-state index contributed by atoms with van der Waals surface area (Å²) in [4.78, 5) is 0. The second-order valence-corrected chi connectivity index (χ2v) is 4.93. The number of alkyl halides is 2. The molecule has 0 saturated heterocycles. The molecule has 1 rings (SSSR count). The molecular formula is C15H22F3NO2. The average molecular weight is 305 g/mol. The van der Waals surface area contributed by atoms with Gasteiger partial charge < -0.3 is 15.2 Å². The Bertz CT molecular complexity index is 441. The van der Waals surface area contributed by atoms with Gasteiger partial charge in [-0.05, 0) is 12.3 Å². The van der Waals surface area contributed by atoms with Gasteiger partial charge in [0.25, 0.3) is 0 Å². The van der Waals surface area contributed by atoms with E-state index in [4.69, 9.17) is 10.5 Å². The van der Waals surface area contributed by atoms with Crippen LogP contribution in [0.3, 0.4) is 0 Å². The van der Waals surface area contributed by atoms with E-state index >= 15 is 0 Å². The van der Waals surface area contributed by atoms with E-state index < -0.39 is 18.2 Å². The lowest BCUT2D eigenvalue weighted by atomic mass is 10.0. The number of hydrogen-bond acceptors (Lipinski definition) is 3. The summed E-state index contributed by atoms with van der Waals surface area (Å²) in [5, 5.41) is 0. The second kappa shape index (κ2) is 8.64. The summed E-state index contributed by atoms with van der Waals surface area (Å²) in [7, 11) is 0.